The quantitative estimate of drug-likeness (QED) is 0.853. The van der Waals surface area contributed by atoms with Crippen molar-refractivity contribution in [3.05, 3.63) is 16.1 Å². The predicted molar refractivity (Wildman–Crippen MR) is 73.1 cm³/mol. The van der Waals surface area contributed by atoms with Gasteiger partial charge in [-0.25, -0.2) is 4.98 Å². The largest absolute Gasteiger partial charge is 0.335 e. The van der Waals surface area contributed by atoms with Gasteiger partial charge in [0.1, 0.15) is 5.69 Å². The number of carbonyl (C=O) groups is 1. The molecule has 0 bridgehead atoms. The van der Waals surface area contributed by atoms with Crippen LogP contribution in [0.25, 0.3) is 0 Å². The van der Waals surface area contributed by atoms with Gasteiger partial charge >= 0.3 is 0 Å². The zero-order valence-electron chi connectivity index (χ0n) is 11.0. The number of amides is 1. The molecule has 1 aliphatic rings. The number of hydrogen-bond acceptors (Lipinski definition) is 5. The SMILES string of the molecule is CN(C)CCc1nc(C(=O)N2CCNCC2)cs1. The number of rotatable bonds is 4. The molecule has 2 heterocycles. The van der Waals surface area contributed by atoms with Crippen LogP contribution in [0.15, 0.2) is 5.38 Å². The molecule has 1 aromatic rings. The molecule has 18 heavy (non-hydrogen) atoms. The maximum absolute atomic E-state index is 12.2. The number of aromatic nitrogens is 1. The maximum atomic E-state index is 12.2. The second-order valence-electron chi connectivity index (χ2n) is 4.72. The van der Waals surface area contributed by atoms with Crippen molar-refractivity contribution >= 4 is 17.2 Å². The van der Waals surface area contributed by atoms with E-state index in [-0.39, 0.29) is 5.91 Å². The molecule has 100 valence electrons. The summed E-state index contributed by atoms with van der Waals surface area (Å²) in [5.74, 6) is 0.0730. The van der Waals surface area contributed by atoms with Gasteiger partial charge in [0, 0.05) is 44.5 Å². The van der Waals surface area contributed by atoms with Crippen molar-refractivity contribution in [1.82, 2.24) is 20.1 Å². The first-order valence-electron chi connectivity index (χ1n) is 6.26. The summed E-state index contributed by atoms with van der Waals surface area (Å²) >= 11 is 1.58. The Morgan fingerprint density at radius 2 is 2.22 bits per heavy atom. The van der Waals surface area contributed by atoms with Crippen LogP contribution < -0.4 is 5.32 Å². The third kappa shape index (κ3) is 3.51. The molecular formula is C12H20N4OS. The highest BCUT2D eigenvalue weighted by Crippen LogP contribution is 2.13. The summed E-state index contributed by atoms with van der Waals surface area (Å²) in [5, 5.41) is 6.17. The van der Waals surface area contributed by atoms with Gasteiger partial charge in [-0.3, -0.25) is 4.79 Å². The van der Waals surface area contributed by atoms with Crippen molar-refractivity contribution in [2.24, 2.45) is 0 Å². The van der Waals surface area contributed by atoms with Crippen LogP contribution in [0, 0.1) is 0 Å². The van der Waals surface area contributed by atoms with E-state index in [9.17, 15) is 4.79 Å². The number of nitrogens with zero attached hydrogens (tertiary/aromatic N) is 3. The first-order chi connectivity index (χ1) is 8.66. The van der Waals surface area contributed by atoms with Crippen LogP contribution in [-0.2, 0) is 6.42 Å². The smallest absolute Gasteiger partial charge is 0.273 e. The summed E-state index contributed by atoms with van der Waals surface area (Å²) in [6.45, 7) is 4.29. The highest BCUT2D eigenvalue weighted by Gasteiger charge is 2.20. The van der Waals surface area contributed by atoms with Crippen molar-refractivity contribution in [3.8, 4) is 0 Å². The lowest BCUT2D eigenvalue weighted by atomic mass is 10.3. The van der Waals surface area contributed by atoms with Gasteiger partial charge < -0.3 is 15.1 Å². The zero-order valence-corrected chi connectivity index (χ0v) is 11.8. The molecule has 1 fully saturated rings. The first-order valence-corrected chi connectivity index (χ1v) is 7.14. The van der Waals surface area contributed by atoms with Gasteiger partial charge in [0.25, 0.3) is 5.91 Å². The topological polar surface area (TPSA) is 48.5 Å². The van der Waals surface area contributed by atoms with Gasteiger partial charge in [0.15, 0.2) is 0 Å². The minimum atomic E-state index is 0.0730. The predicted octanol–water partition coefficient (Wildman–Crippen LogP) is 0.293. The fraction of sp³-hybridized carbons (Fsp3) is 0.667. The highest BCUT2D eigenvalue weighted by molar-refractivity contribution is 7.09. The van der Waals surface area contributed by atoms with E-state index in [0.29, 0.717) is 5.69 Å². The van der Waals surface area contributed by atoms with E-state index < -0.39 is 0 Å². The first kappa shape index (κ1) is 13.5. The minimum Gasteiger partial charge on any atom is -0.335 e. The van der Waals surface area contributed by atoms with Crippen LogP contribution in [0.5, 0.6) is 0 Å². The molecule has 0 radical (unpaired) electrons. The van der Waals surface area contributed by atoms with Gasteiger partial charge in [-0.2, -0.15) is 0 Å². The van der Waals surface area contributed by atoms with Crippen LogP contribution in [0.4, 0.5) is 0 Å². The lowest BCUT2D eigenvalue weighted by Crippen LogP contribution is -2.46. The molecule has 2 rings (SSSR count). The van der Waals surface area contributed by atoms with E-state index in [1.807, 2.05) is 24.4 Å². The number of hydrogen-bond donors (Lipinski definition) is 1. The molecular weight excluding hydrogens is 248 g/mol. The molecule has 0 aromatic carbocycles. The van der Waals surface area contributed by atoms with Gasteiger partial charge in [0.2, 0.25) is 0 Å². The van der Waals surface area contributed by atoms with Crippen LogP contribution in [0.2, 0.25) is 0 Å². The molecule has 6 heteroatoms. The lowest BCUT2D eigenvalue weighted by molar-refractivity contribution is 0.0730. The molecule has 0 aliphatic carbocycles. The number of carbonyl (C=O) groups excluding carboxylic acids is 1. The molecule has 0 spiro atoms. The Bertz CT molecular complexity index is 399. The fourth-order valence-electron chi connectivity index (χ4n) is 1.87. The fourth-order valence-corrected chi connectivity index (χ4v) is 2.63. The second kappa shape index (κ2) is 6.26. The maximum Gasteiger partial charge on any atom is 0.273 e. The van der Waals surface area contributed by atoms with E-state index in [1.54, 1.807) is 11.3 Å². The van der Waals surface area contributed by atoms with E-state index in [2.05, 4.69) is 15.2 Å². The van der Waals surface area contributed by atoms with E-state index >= 15 is 0 Å². The summed E-state index contributed by atoms with van der Waals surface area (Å²) in [6.07, 6.45) is 0.909. The number of thiazole rings is 1. The monoisotopic (exact) mass is 268 g/mol. The summed E-state index contributed by atoms with van der Waals surface area (Å²) in [7, 11) is 4.08. The van der Waals surface area contributed by atoms with Crippen LogP contribution >= 0.6 is 11.3 Å². The minimum absolute atomic E-state index is 0.0730. The molecule has 1 saturated heterocycles. The van der Waals surface area contributed by atoms with Crippen molar-refractivity contribution in [2.75, 3.05) is 46.8 Å². The molecule has 1 aromatic heterocycles. The van der Waals surface area contributed by atoms with Crippen molar-refractivity contribution in [1.29, 1.82) is 0 Å². The molecule has 1 aliphatic heterocycles. The van der Waals surface area contributed by atoms with Gasteiger partial charge in [-0.05, 0) is 14.1 Å². The van der Waals surface area contributed by atoms with E-state index in [1.165, 1.54) is 0 Å². The summed E-state index contributed by atoms with van der Waals surface area (Å²) < 4.78 is 0. The Labute approximate surface area is 112 Å². The van der Waals surface area contributed by atoms with Crippen molar-refractivity contribution in [2.45, 2.75) is 6.42 Å². The van der Waals surface area contributed by atoms with Gasteiger partial charge in [0.05, 0.1) is 5.01 Å². The molecule has 0 saturated carbocycles. The normalized spacial score (nSPS) is 16.3. The molecule has 5 nitrogen and oxygen atoms in total. The Balaban J connectivity index is 1.94. The van der Waals surface area contributed by atoms with Crippen molar-refractivity contribution in [3.63, 3.8) is 0 Å². The Kier molecular flexibility index (Phi) is 4.68. The average molecular weight is 268 g/mol. The van der Waals surface area contributed by atoms with E-state index in [4.69, 9.17) is 0 Å². The molecule has 1 N–H and O–H groups in total. The summed E-state index contributed by atoms with van der Waals surface area (Å²) in [4.78, 5) is 20.6. The van der Waals surface area contributed by atoms with Gasteiger partial charge in [-0.1, -0.05) is 0 Å². The summed E-state index contributed by atoms with van der Waals surface area (Å²) in [5.41, 5.74) is 0.607. The second-order valence-corrected chi connectivity index (χ2v) is 5.66. The Morgan fingerprint density at radius 1 is 1.50 bits per heavy atom. The van der Waals surface area contributed by atoms with E-state index in [0.717, 1.165) is 44.2 Å². The van der Waals surface area contributed by atoms with Crippen LogP contribution in [0.1, 0.15) is 15.5 Å². The molecule has 1 amide bonds. The molecule has 0 unspecified atom stereocenters. The standard InChI is InChI=1S/C12H20N4OS/c1-15(2)6-3-11-14-10(9-18-11)12(17)16-7-4-13-5-8-16/h9,13H,3-8H2,1-2H3. The van der Waals surface area contributed by atoms with Crippen molar-refractivity contribution < 1.29 is 4.79 Å². The number of nitrogens with one attached hydrogen (secondary N) is 1. The number of piperazine rings is 1. The zero-order chi connectivity index (χ0) is 13.0. The van der Waals surface area contributed by atoms with Crippen LogP contribution in [-0.4, -0.2) is 67.5 Å². The lowest BCUT2D eigenvalue weighted by Gasteiger charge is -2.26. The van der Waals surface area contributed by atoms with Gasteiger partial charge in [-0.15, -0.1) is 11.3 Å². The number of likely N-dealkylation sites (N-methyl/N-ethyl adjacent to an activating group) is 1. The van der Waals surface area contributed by atoms with Crippen LogP contribution in [0.3, 0.4) is 0 Å². The molecule has 0 atom stereocenters. The highest BCUT2D eigenvalue weighted by atomic mass is 32.1. The third-order valence-corrected chi connectivity index (χ3v) is 3.86. The Hall–Kier alpha value is -0.980. The Morgan fingerprint density at radius 3 is 2.89 bits per heavy atom. The average Bonchev–Trinajstić information content (AvgIpc) is 2.85. The summed E-state index contributed by atoms with van der Waals surface area (Å²) in [6, 6.07) is 0. The third-order valence-electron chi connectivity index (χ3n) is 2.95.